The van der Waals surface area contributed by atoms with Crippen LogP contribution in [0.4, 0.5) is 0 Å². The molecule has 2 bridgehead atoms. The Bertz CT molecular complexity index is 1340. The second-order valence-corrected chi connectivity index (χ2v) is 14.1. The van der Waals surface area contributed by atoms with Crippen molar-refractivity contribution in [3.63, 3.8) is 0 Å². The van der Waals surface area contributed by atoms with Gasteiger partial charge in [0.2, 0.25) is 17.7 Å². The molecule has 4 saturated heterocycles. The van der Waals surface area contributed by atoms with Gasteiger partial charge in [-0.1, -0.05) is 58.4 Å². The normalized spacial score (nSPS) is 29.2. The molecule has 8 atom stereocenters. The third-order valence-corrected chi connectivity index (χ3v) is 10.7. The predicted molar refractivity (Wildman–Crippen MR) is 181 cm³/mol. The molecule has 0 saturated carbocycles. The molecule has 4 heterocycles. The van der Waals surface area contributed by atoms with Crippen LogP contribution in [0.3, 0.4) is 0 Å². The number of hydrogen-bond acceptors (Lipinski definition) is 9. The number of halogens is 1. The number of morpholine rings is 1. The van der Waals surface area contributed by atoms with Crippen LogP contribution in [0.5, 0.6) is 0 Å². The number of nitrogens with one attached hydrogen (secondary N) is 1. The molecular formula is C35H47BrN4O8. The SMILES string of the molecule is C=CCCC(=O)NC[C@@H](C)OC(=O)[C@H]1[C@@H]2O[C@@]3(CC2Br)[C@@H]1C(=O)N([C@H](CO)c1ccccc1)[C@@H]3C(=O)N(CC=C)CCN1CCOCC1. The van der Waals surface area contributed by atoms with Crippen LogP contribution in [-0.4, -0.2) is 131 Å². The molecule has 13 heteroatoms. The second kappa shape index (κ2) is 16.1. The average Bonchev–Trinajstić information content (AvgIpc) is 3.69. The largest absolute Gasteiger partial charge is 0.460 e. The number of benzene rings is 1. The van der Waals surface area contributed by atoms with E-state index in [9.17, 15) is 24.3 Å². The highest BCUT2D eigenvalue weighted by Gasteiger charge is 2.77. The van der Waals surface area contributed by atoms with Crippen LogP contribution in [-0.2, 0) is 33.4 Å². The van der Waals surface area contributed by atoms with Crippen molar-refractivity contribution in [3.05, 3.63) is 61.2 Å². The van der Waals surface area contributed by atoms with Crippen molar-refractivity contribution in [2.45, 2.75) is 60.9 Å². The van der Waals surface area contributed by atoms with Crippen LogP contribution in [0.2, 0.25) is 0 Å². The summed E-state index contributed by atoms with van der Waals surface area (Å²) < 4.78 is 18.0. The predicted octanol–water partition coefficient (Wildman–Crippen LogP) is 1.83. The van der Waals surface area contributed by atoms with Crippen molar-refractivity contribution >= 4 is 39.6 Å². The van der Waals surface area contributed by atoms with Crippen LogP contribution in [0, 0.1) is 11.8 Å². The number of carbonyl (C=O) groups excluding carboxylic acids is 4. The van der Waals surface area contributed by atoms with Crippen LogP contribution < -0.4 is 5.32 Å². The van der Waals surface area contributed by atoms with Crippen molar-refractivity contribution < 1.29 is 38.5 Å². The Labute approximate surface area is 290 Å². The molecule has 1 unspecified atom stereocenters. The van der Waals surface area contributed by atoms with Crippen molar-refractivity contribution in [1.82, 2.24) is 20.0 Å². The van der Waals surface area contributed by atoms with Crippen molar-refractivity contribution in [1.29, 1.82) is 0 Å². The van der Waals surface area contributed by atoms with E-state index in [4.69, 9.17) is 14.2 Å². The number of likely N-dealkylation sites (tertiary alicyclic amines) is 1. The minimum Gasteiger partial charge on any atom is -0.460 e. The van der Waals surface area contributed by atoms with Gasteiger partial charge in [0.15, 0.2) is 0 Å². The third-order valence-electron chi connectivity index (χ3n) is 9.86. The standard InChI is InChI=1S/C35H47BrN4O8/c1-4-6-12-27(42)37-21-23(3)47-34(45)28-29-32(43)40(26(22-41)24-10-8-7-9-11-24)31(35(29)20-25(36)30(28)48-35)33(44)39(13-5-2)15-14-38-16-18-46-19-17-38/h4-5,7-11,23,25-26,28-31,41H,1-2,6,12-22H2,3H3,(H,37,42)/t23-,25?,26-,28-,29+,30-,31-,35+/m1/s1. The summed E-state index contributed by atoms with van der Waals surface area (Å²) in [5, 5.41) is 13.5. The molecule has 2 N–H and O–H groups in total. The first-order valence-electron chi connectivity index (χ1n) is 16.7. The monoisotopic (exact) mass is 730 g/mol. The van der Waals surface area contributed by atoms with Crippen molar-refractivity contribution in [2.75, 3.05) is 59.1 Å². The Hall–Kier alpha value is -3.10. The summed E-state index contributed by atoms with van der Waals surface area (Å²) in [5.74, 6) is -3.56. The van der Waals surface area contributed by atoms with E-state index in [1.165, 1.54) is 4.90 Å². The molecule has 12 nitrogen and oxygen atoms in total. The first-order valence-corrected chi connectivity index (χ1v) is 17.7. The molecule has 48 heavy (non-hydrogen) atoms. The highest BCUT2D eigenvalue weighted by molar-refractivity contribution is 9.09. The number of hydrogen-bond donors (Lipinski definition) is 2. The lowest BCUT2D eigenvalue weighted by Crippen LogP contribution is -2.58. The molecule has 0 radical (unpaired) electrons. The first-order chi connectivity index (χ1) is 23.2. The highest BCUT2D eigenvalue weighted by Crippen LogP contribution is 2.61. The molecule has 1 spiro atoms. The van der Waals surface area contributed by atoms with Crippen LogP contribution in [0.1, 0.15) is 37.8 Å². The molecule has 1 aromatic carbocycles. The van der Waals surface area contributed by atoms with E-state index in [1.54, 1.807) is 24.0 Å². The van der Waals surface area contributed by atoms with E-state index in [1.807, 2.05) is 30.3 Å². The van der Waals surface area contributed by atoms with Crippen LogP contribution in [0.15, 0.2) is 55.6 Å². The van der Waals surface area contributed by atoms with E-state index in [0.717, 1.165) is 13.1 Å². The number of carbonyl (C=O) groups is 4. The molecule has 1 aromatic rings. The van der Waals surface area contributed by atoms with Gasteiger partial charge in [-0.05, 0) is 25.3 Å². The number of rotatable bonds is 16. The lowest BCUT2D eigenvalue weighted by molar-refractivity contribution is -0.160. The number of fused-ring (bicyclic) bond motifs is 1. The Balaban J connectivity index is 1.45. The van der Waals surface area contributed by atoms with E-state index in [2.05, 4.69) is 39.3 Å². The van der Waals surface area contributed by atoms with Crippen molar-refractivity contribution in [2.24, 2.45) is 11.8 Å². The fourth-order valence-electron chi connectivity index (χ4n) is 7.59. The minimum absolute atomic E-state index is 0.106. The van der Waals surface area contributed by atoms with E-state index in [0.29, 0.717) is 44.7 Å². The van der Waals surface area contributed by atoms with E-state index >= 15 is 0 Å². The van der Waals surface area contributed by atoms with Gasteiger partial charge < -0.3 is 34.4 Å². The summed E-state index contributed by atoms with van der Waals surface area (Å²) in [7, 11) is 0. The zero-order valence-corrected chi connectivity index (χ0v) is 29.1. The Morgan fingerprint density at radius 1 is 1.21 bits per heavy atom. The number of nitrogens with zero attached hydrogens (tertiary/aromatic N) is 3. The summed E-state index contributed by atoms with van der Waals surface area (Å²) in [5.41, 5.74) is -0.671. The Morgan fingerprint density at radius 2 is 1.94 bits per heavy atom. The zero-order valence-electron chi connectivity index (χ0n) is 27.5. The maximum absolute atomic E-state index is 14.8. The number of allylic oxidation sites excluding steroid dienone is 1. The molecule has 4 fully saturated rings. The summed E-state index contributed by atoms with van der Waals surface area (Å²) in [6, 6.07) is 7.13. The lowest BCUT2D eigenvalue weighted by atomic mass is 9.70. The molecule has 262 valence electrons. The fraction of sp³-hybridized carbons (Fsp3) is 0.600. The molecule has 4 aliphatic rings. The minimum atomic E-state index is -1.33. The molecule has 5 rings (SSSR count). The van der Waals surface area contributed by atoms with Gasteiger partial charge >= 0.3 is 5.97 Å². The van der Waals surface area contributed by atoms with Gasteiger partial charge in [0.05, 0.1) is 50.3 Å². The number of aliphatic hydroxyl groups excluding tert-OH is 1. The number of aliphatic hydroxyl groups is 1. The molecule has 4 aliphatic heterocycles. The number of esters is 1. The van der Waals surface area contributed by atoms with Gasteiger partial charge in [0.25, 0.3) is 0 Å². The van der Waals surface area contributed by atoms with Gasteiger partial charge in [-0.25, -0.2) is 0 Å². The van der Waals surface area contributed by atoms with Gasteiger partial charge in [-0.15, -0.1) is 13.2 Å². The van der Waals surface area contributed by atoms with Gasteiger partial charge in [-0.2, -0.15) is 0 Å². The molecular weight excluding hydrogens is 684 g/mol. The first kappa shape index (κ1) is 36.2. The zero-order chi connectivity index (χ0) is 34.4. The quantitative estimate of drug-likeness (QED) is 0.148. The fourth-order valence-corrected chi connectivity index (χ4v) is 8.53. The smallest absolute Gasteiger partial charge is 0.312 e. The molecule has 3 amide bonds. The van der Waals surface area contributed by atoms with Crippen molar-refractivity contribution in [3.8, 4) is 0 Å². The van der Waals surface area contributed by atoms with Gasteiger partial charge in [0, 0.05) is 44.0 Å². The summed E-state index contributed by atoms with van der Waals surface area (Å²) in [6.07, 6.45) is 3.07. The maximum atomic E-state index is 14.8. The van der Waals surface area contributed by atoms with Crippen LogP contribution >= 0.6 is 15.9 Å². The summed E-state index contributed by atoms with van der Waals surface area (Å²) >= 11 is 3.70. The number of alkyl halides is 1. The molecule has 0 aliphatic carbocycles. The Morgan fingerprint density at radius 3 is 2.60 bits per heavy atom. The summed E-state index contributed by atoms with van der Waals surface area (Å²) in [6.45, 7) is 12.9. The summed E-state index contributed by atoms with van der Waals surface area (Å²) in [4.78, 5) is 60.6. The van der Waals surface area contributed by atoms with E-state index < -0.39 is 60.2 Å². The van der Waals surface area contributed by atoms with Gasteiger partial charge in [0.1, 0.15) is 17.7 Å². The Kier molecular flexibility index (Phi) is 12.1. The van der Waals surface area contributed by atoms with Gasteiger partial charge in [-0.3, -0.25) is 24.1 Å². The highest BCUT2D eigenvalue weighted by atomic mass is 79.9. The second-order valence-electron chi connectivity index (χ2n) is 12.9. The number of amides is 3. The number of ether oxygens (including phenoxy) is 3. The maximum Gasteiger partial charge on any atom is 0.312 e. The molecule has 0 aromatic heterocycles. The lowest BCUT2D eigenvalue weighted by Gasteiger charge is -2.40. The third kappa shape index (κ3) is 7.25. The van der Waals surface area contributed by atoms with E-state index in [-0.39, 0.29) is 36.2 Å². The van der Waals surface area contributed by atoms with Crippen LogP contribution in [0.25, 0.3) is 0 Å². The topological polar surface area (TPSA) is 138 Å². The average molecular weight is 732 g/mol.